The van der Waals surface area contributed by atoms with Crippen molar-refractivity contribution in [2.24, 2.45) is 0 Å². The van der Waals surface area contributed by atoms with Gasteiger partial charge in [-0.1, -0.05) is 6.07 Å². The van der Waals surface area contributed by atoms with Gasteiger partial charge in [0, 0.05) is 17.9 Å². The largest absolute Gasteiger partial charge is 0.377 e. The fraction of sp³-hybridized carbons (Fsp3) is 0.333. The highest BCUT2D eigenvalue weighted by molar-refractivity contribution is 5.46. The number of pyridine rings is 1. The van der Waals surface area contributed by atoms with Gasteiger partial charge in [0.15, 0.2) is 0 Å². The summed E-state index contributed by atoms with van der Waals surface area (Å²) in [5, 5.41) is 0. The summed E-state index contributed by atoms with van der Waals surface area (Å²) in [6.45, 7) is 3.11. The van der Waals surface area contributed by atoms with Crippen LogP contribution in [-0.2, 0) is 9.47 Å². The maximum atomic E-state index is 4.94. The van der Waals surface area contributed by atoms with E-state index in [0.717, 1.165) is 26.4 Å². The molecule has 3 heterocycles. The van der Waals surface area contributed by atoms with Crippen molar-refractivity contribution in [2.45, 2.75) is 0 Å². The second-order valence-corrected chi connectivity index (χ2v) is 3.27. The molecule has 15 heavy (non-hydrogen) atoms. The quantitative estimate of drug-likeness (QED) is 0.656. The van der Waals surface area contributed by atoms with E-state index >= 15 is 0 Å². The third kappa shape index (κ3) is 3.08. The Morgan fingerprint density at radius 2 is 1.40 bits per heavy atom. The number of fused-ring (bicyclic) bond motifs is 1. The highest BCUT2D eigenvalue weighted by Crippen LogP contribution is 2.01. The highest BCUT2D eigenvalue weighted by atomic mass is 16.6. The van der Waals surface area contributed by atoms with Crippen LogP contribution in [0.5, 0.6) is 0 Å². The first kappa shape index (κ1) is 10.2. The van der Waals surface area contributed by atoms with E-state index in [0.29, 0.717) is 0 Å². The summed E-state index contributed by atoms with van der Waals surface area (Å²) in [7, 11) is 0. The Bertz CT molecular complexity index is 351. The Morgan fingerprint density at radius 3 is 2.00 bits per heavy atom. The Balaban J connectivity index is 0.000000124. The van der Waals surface area contributed by atoms with Crippen LogP contribution >= 0.6 is 0 Å². The molecule has 2 aromatic heterocycles. The fourth-order valence-electron chi connectivity index (χ4n) is 1.42. The molecule has 3 heteroatoms. The second kappa shape index (κ2) is 5.53. The lowest BCUT2D eigenvalue weighted by Crippen LogP contribution is -2.16. The van der Waals surface area contributed by atoms with Crippen molar-refractivity contribution < 1.29 is 9.47 Å². The standard InChI is InChI=1S/C8H7N.C4H8O2/c1-2-6-9-7-3-5-8(9)4-1;1-2-6-4-3-5-1/h1-7H;1-4H2. The van der Waals surface area contributed by atoms with E-state index in [1.54, 1.807) is 0 Å². The number of hydrogen-bond acceptors (Lipinski definition) is 2. The summed E-state index contributed by atoms with van der Waals surface area (Å²) in [5.74, 6) is 0. The molecule has 0 saturated carbocycles. The van der Waals surface area contributed by atoms with Gasteiger partial charge in [0.1, 0.15) is 0 Å². The van der Waals surface area contributed by atoms with Crippen LogP contribution in [0.25, 0.3) is 5.52 Å². The van der Waals surface area contributed by atoms with E-state index < -0.39 is 0 Å². The van der Waals surface area contributed by atoms with Crippen LogP contribution in [0.3, 0.4) is 0 Å². The minimum Gasteiger partial charge on any atom is -0.377 e. The summed E-state index contributed by atoms with van der Waals surface area (Å²) in [4.78, 5) is 0. The zero-order chi connectivity index (χ0) is 10.3. The zero-order valence-corrected chi connectivity index (χ0v) is 8.63. The Kier molecular flexibility index (Phi) is 3.77. The van der Waals surface area contributed by atoms with E-state index in [1.165, 1.54) is 5.52 Å². The van der Waals surface area contributed by atoms with Gasteiger partial charge in [-0.15, -0.1) is 0 Å². The van der Waals surface area contributed by atoms with Gasteiger partial charge in [-0.3, -0.25) is 0 Å². The average Bonchev–Trinajstić information content (AvgIpc) is 2.80. The second-order valence-electron chi connectivity index (χ2n) is 3.27. The smallest absolute Gasteiger partial charge is 0.0701 e. The first-order valence-corrected chi connectivity index (χ1v) is 5.14. The molecule has 0 amide bonds. The van der Waals surface area contributed by atoms with Gasteiger partial charge in [-0.05, 0) is 24.3 Å². The van der Waals surface area contributed by atoms with Crippen molar-refractivity contribution in [1.29, 1.82) is 0 Å². The summed E-state index contributed by atoms with van der Waals surface area (Å²) in [6.07, 6.45) is 4.07. The van der Waals surface area contributed by atoms with E-state index in [4.69, 9.17) is 9.47 Å². The minimum atomic E-state index is 0.778. The monoisotopic (exact) mass is 205 g/mol. The maximum absolute atomic E-state index is 4.94. The molecule has 1 fully saturated rings. The predicted molar refractivity (Wildman–Crippen MR) is 59.0 cm³/mol. The van der Waals surface area contributed by atoms with Gasteiger partial charge in [-0.2, -0.15) is 0 Å². The lowest BCUT2D eigenvalue weighted by atomic mass is 10.4. The molecule has 0 bridgehead atoms. The van der Waals surface area contributed by atoms with E-state index in [9.17, 15) is 0 Å². The summed E-state index contributed by atoms with van der Waals surface area (Å²) in [5.41, 5.74) is 1.25. The van der Waals surface area contributed by atoms with Crippen molar-refractivity contribution in [3.63, 3.8) is 0 Å². The molecule has 1 aliphatic rings. The number of hydrogen-bond donors (Lipinski definition) is 0. The molecule has 0 atom stereocenters. The summed E-state index contributed by atoms with van der Waals surface area (Å²) in [6, 6.07) is 10.3. The van der Waals surface area contributed by atoms with Crippen LogP contribution in [0.4, 0.5) is 0 Å². The van der Waals surface area contributed by atoms with Crippen LogP contribution in [-0.4, -0.2) is 30.8 Å². The Morgan fingerprint density at radius 1 is 0.800 bits per heavy atom. The van der Waals surface area contributed by atoms with Gasteiger partial charge in [0.05, 0.1) is 26.4 Å². The molecule has 80 valence electrons. The van der Waals surface area contributed by atoms with Gasteiger partial charge in [0.2, 0.25) is 0 Å². The van der Waals surface area contributed by atoms with E-state index in [-0.39, 0.29) is 0 Å². The predicted octanol–water partition coefficient (Wildman–Crippen LogP) is 1.97. The van der Waals surface area contributed by atoms with E-state index in [2.05, 4.69) is 16.5 Å². The van der Waals surface area contributed by atoms with Crippen molar-refractivity contribution in [3.8, 4) is 0 Å². The molecule has 3 nitrogen and oxygen atoms in total. The van der Waals surface area contributed by atoms with Crippen LogP contribution in [0.15, 0.2) is 42.7 Å². The molecule has 0 aromatic carbocycles. The topological polar surface area (TPSA) is 22.9 Å². The number of rotatable bonds is 0. The Labute approximate surface area is 89.2 Å². The molecular weight excluding hydrogens is 190 g/mol. The first-order valence-electron chi connectivity index (χ1n) is 5.14. The molecule has 1 saturated heterocycles. The van der Waals surface area contributed by atoms with Gasteiger partial charge >= 0.3 is 0 Å². The SMILES string of the molecule is C1COCCO1.c1ccn2cccc2c1. The minimum absolute atomic E-state index is 0.778. The molecular formula is C12H15NO2. The molecule has 0 unspecified atom stereocenters. The van der Waals surface area contributed by atoms with Crippen LogP contribution in [0.2, 0.25) is 0 Å². The molecule has 2 aromatic rings. The van der Waals surface area contributed by atoms with Crippen LogP contribution in [0, 0.1) is 0 Å². The summed E-state index contributed by atoms with van der Waals surface area (Å²) < 4.78 is 12.0. The molecule has 1 aliphatic heterocycles. The number of aromatic nitrogens is 1. The third-order valence-electron chi connectivity index (χ3n) is 2.18. The molecule has 0 radical (unpaired) electrons. The Hall–Kier alpha value is -1.32. The first-order chi connectivity index (χ1) is 7.47. The maximum Gasteiger partial charge on any atom is 0.0701 e. The lowest BCUT2D eigenvalue weighted by Gasteiger charge is -2.09. The van der Waals surface area contributed by atoms with E-state index in [1.807, 2.05) is 30.6 Å². The molecule has 0 spiro atoms. The van der Waals surface area contributed by atoms with Crippen molar-refractivity contribution in [3.05, 3.63) is 42.7 Å². The van der Waals surface area contributed by atoms with Crippen molar-refractivity contribution in [2.75, 3.05) is 26.4 Å². The lowest BCUT2D eigenvalue weighted by molar-refractivity contribution is -0.0334. The number of ether oxygens (including phenoxy) is 2. The van der Waals surface area contributed by atoms with Gasteiger partial charge in [-0.25, -0.2) is 0 Å². The average molecular weight is 205 g/mol. The van der Waals surface area contributed by atoms with Crippen LogP contribution < -0.4 is 0 Å². The zero-order valence-electron chi connectivity index (χ0n) is 8.63. The highest BCUT2D eigenvalue weighted by Gasteiger charge is 1.94. The molecule has 0 aliphatic carbocycles. The van der Waals surface area contributed by atoms with Crippen molar-refractivity contribution in [1.82, 2.24) is 4.40 Å². The third-order valence-corrected chi connectivity index (χ3v) is 2.18. The van der Waals surface area contributed by atoms with Crippen LogP contribution in [0.1, 0.15) is 0 Å². The summed E-state index contributed by atoms with van der Waals surface area (Å²) >= 11 is 0. The fourth-order valence-corrected chi connectivity index (χ4v) is 1.42. The normalized spacial score (nSPS) is 15.7. The van der Waals surface area contributed by atoms with Gasteiger partial charge < -0.3 is 13.9 Å². The van der Waals surface area contributed by atoms with Gasteiger partial charge in [0.25, 0.3) is 0 Å². The molecule has 0 N–H and O–H groups in total. The molecule has 3 rings (SSSR count). The van der Waals surface area contributed by atoms with Crippen molar-refractivity contribution >= 4 is 5.52 Å². The number of nitrogens with zero attached hydrogens (tertiary/aromatic N) is 1.